The largest absolute Gasteiger partial charge is 0.509 e. The predicted octanol–water partition coefficient (Wildman–Crippen LogP) is 4.48. The number of carbonyl (C=O) groups excluding carboxylic acids is 6. The van der Waals surface area contributed by atoms with Gasteiger partial charge in [0.1, 0.15) is 42.2 Å². The van der Waals surface area contributed by atoms with Gasteiger partial charge in [0, 0.05) is 36.7 Å². The number of carbonyl (C=O) groups is 6. The van der Waals surface area contributed by atoms with Crippen molar-refractivity contribution >= 4 is 35.8 Å². The maximum absolute atomic E-state index is 15.5. The van der Waals surface area contributed by atoms with Crippen LogP contribution in [0.1, 0.15) is 93.6 Å². The normalized spacial score (nSPS) is 32.5. The van der Waals surface area contributed by atoms with Crippen LogP contribution in [0.4, 0.5) is 4.79 Å². The first-order valence-corrected chi connectivity index (χ1v) is 23.2. The summed E-state index contributed by atoms with van der Waals surface area (Å²) in [6.45, 7) is 9.79. The Hall–Kier alpha value is -6.02. The van der Waals surface area contributed by atoms with Gasteiger partial charge < -0.3 is 58.5 Å². The van der Waals surface area contributed by atoms with Gasteiger partial charge in [-0.05, 0) is 68.7 Å². The van der Waals surface area contributed by atoms with Crippen LogP contribution < -0.4 is 5.32 Å². The fourth-order valence-corrected chi connectivity index (χ4v) is 11.0. The average Bonchev–Trinajstić information content (AvgIpc) is 3.69. The summed E-state index contributed by atoms with van der Waals surface area (Å²) >= 11 is 0. The Balaban J connectivity index is 1.25. The molecule has 4 N–H and O–H groups in total. The van der Waals surface area contributed by atoms with Gasteiger partial charge in [-0.1, -0.05) is 80.6 Å². The SMILES string of the molecule is CC(=O)O[C@H]1C(=O)[C@@]2(C)[C@H]([C@H](OC(=O)c3ccccc3)[C@]3(O)C[C@H](OC(=O)[C@H](OC(=O)OC[C@H]4COC(C)(C)O4)[C@@H](NC(=O)c4ccccc4)c4ccccc4)C(C)=C1C3(C)C)[C@]1(O)CO[C@@H]1C[C@@H]2O. The number of fused-ring (bicyclic) bond motifs is 5. The molecular weight excluding hydrogens is 911 g/mol. The topological polar surface area (TPSA) is 249 Å². The number of rotatable bonds is 12. The van der Waals surface area contributed by atoms with Crippen LogP contribution in [0.2, 0.25) is 0 Å². The summed E-state index contributed by atoms with van der Waals surface area (Å²) < 4.78 is 46.9. The zero-order chi connectivity index (χ0) is 50.6. The van der Waals surface area contributed by atoms with E-state index in [0.717, 1.165) is 6.92 Å². The molecule has 4 fully saturated rings. The number of esters is 3. The lowest BCUT2D eigenvalue weighted by atomic mass is 9.44. The molecule has 2 aliphatic heterocycles. The van der Waals surface area contributed by atoms with Crippen LogP contribution in [0.25, 0.3) is 0 Å². The second kappa shape index (κ2) is 19.0. The minimum absolute atomic E-state index is 0.0403. The van der Waals surface area contributed by atoms with Crippen molar-refractivity contribution in [1.82, 2.24) is 5.32 Å². The zero-order valence-corrected chi connectivity index (χ0v) is 39.9. The summed E-state index contributed by atoms with van der Waals surface area (Å²) in [5, 5.41) is 41.2. The lowest BCUT2D eigenvalue weighted by Gasteiger charge is -2.66. The maximum Gasteiger partial charge on any atom is 0.509 e. The van der Waals surface area contributed by atoms with Gasteiger partial charge in [-0.3, -0.25) is 14.4 Å². The number of hydrogen-bond donors (Lipinski definition) is 4. The van der Waals surface area contributed by atoms with Crippen molar-refractivity contribution in [2.45, 2.75) is 127 Å². The van der Waals surface area contributed by atoms with E-state index >= 15 is 9.59 Å². The highest BCUT2D eigenvalue weighted by Crippen LogP contribution is 2.63. The number of hydrogen-bond acceptors (Lipinski definition) is 17. The highest BCUT2D eigenvalue weighted by molar-refractivity contribution is 5.96. The minimum atomic E-state index is -2.44. The van der Waals surface area contributed by atoms with Crippen molar-refractivity contribution in [3.63, 3.8) is 0 Å². The minimum Gasteiger partial charge on any atom is -0.455 e. The molecule has 3 aliphatic carbocycles. The van der Waals surface area contributed by atoms with Gasteiger partial charge in [0.15, 0.2) is 17.7 Å². The van der Waals surface area contributed by atoms with E-state index in [4.69, 9.17) is 37.9 Å². The summed E-state index contributed by atoms with van der Waals surface area (Å²) in [5.41, 5.74) is -7.58. The number of amides is 1. The van der Waals surface area contributed by atoms with E-state index in [1.54, 1.807) is 107 Å². The Kier molecular flexibility index (Phi) is 13.6. The van der Waals surface area contributed by atoms with E-state index in [1.165, 1.54) is 26.0 Å². The fourth-order valence-electron chi connectivity index (χ4n) is 11.0. The molecule has 5 aliphatic rings. The number of Topliss-reactive ketones (excluding diaryl/α,β-unsaturated/α-hetero) is 1. The number of nitrogens with one attached hydrogen (secondary N) is 1. The number of ketones is 1. The van der Waals surface area contributed by atoms with Crippen molar-refractivity contribution in [1.29, 1.82) is 0 Å². The molecule has 2 heterocycles. The van der Waals surface area contributed by atoms with Gasteiger partial charge in [0.2, 0.25) is 6.10 Å². The van der Waals surface area contributed by atoms with Gasteiger partial charge in [-0.25, -0.2) is 14.4 Å². The Labute approximate surface area is 404 Å². The van der Waals surface area contributed by atoms with Crippen LogP contribution in [-0.4, -0.2) is 131 Å². The van der Waals surface area contributed by atoms with E-state index in [9.17, 15) is 34.5 Å². The quantitative estimate of drug-likeness (QED) is 0.111. The summed E-state index contributed by atoms with van der Waals surface area (Å²) in [6.07, 6.45) is -12.8. The summed E-state index contributed by atoms with van der Waals surface area (Å²) in [4.78, 5) is 85.7. The number of aliphatic hydroxyl groups is 3. The lowest BCUT2D eigenvalue weighted by Crippen LogP contribution is -2.81. The molecule has 3 aromatic carbocycles. The molecule has 18 nitrogen and oxygen atoms in total. The molecule has 8 rings (SSSR count). The third-order valence-corrected chi connectivity index (χ3v) is 14.8. The smallest absolute Gasteiger partial charge is 0.455 e. The fraction of sp³-hybridized carbons (Fsp3) is 0.500. The van der Waals surface area contributed by atoms with Crippen LogP contribution in [0, 0.1) is 16.7 Å². The number of benzene rings is 3. The molecular formula is C52H59NO17. The summed E-state index contributed by atoms with van der Waals surface area (Å²) in [5.74, 6) is -7.24. The maximum atomic E-state index is 15.5. The molecule has 3 aromatic rings. The first kappa shape index (κ1) is 50.4. The Morgan fingerprint density at radius 2 is 1.46 bits per heavy atom. The van der Waals surface area contributed by atoms with Crippen molar-refractivity contribution < 1.29 is 82.0 Å². The van der Waals surface area contributed by atoms with E-state index in [-0.39, 0.29) is 48.5 Å². The molecule has 12 atom stereocenters. The third-order valence-electron chi connectivity index (χ3n) is 14.8. The lowest BCUT2D eigenvalue weighted by molar-refractivity contribution is -0.343. The van der Waals surface area contributed by atoms with E-state index in [1.807, 2.05) is 0 Å². The van der Waals surface area contributed by atoms with E-state index in [2.05, 4.69) is 5.32 Å². The Morgan fingerprint density at radius 3 is 2.03 bits per heavy atom. The van der Waals surface area contributed by atoms with Gasteiger partial charge in [0.25, 0.3) is 5.91 Å². The van der Waals surface area contributed by atoms with Gasteiger partial charge in [-0.15, -0.1) is 0 Å². The standard InChI is InChI=1S/C52H59NO17/c1-28-34(67-46(59)40(68-47(60)63-25-33-26-65-49(5,6)70-33)38(30-17-11-8-12-18-30)53-44(57)31-19-13-9-14-20-31)24-52(62)43(69-45(58)32-21-15-10-16-22-32)41-50(7,35(55)23-36-51(41,61)27-64-36)42(56)39(66-29(2)54)37(28)48(52,3)4/h8-22,33-36,38-41,43,55,61-62H,23-27H2,1-7H3,(H,53,57)/t33-,34-,35-,36+,38-,39+,40+,41-,43-,50+,51-,52+/m0/s1. The second-order valence-electron chi connectivity index (χ2n) is 19.9. The molecule has 1 amide bonds. The molecule has 0 radical (unpaired) electrons. The second-order valence-corrected chi connectivity index (χ2v) is 19.9. The van der Waals surface area contributed by atoms with Crippen molar-refractivity contribution in [2.75, 3.05) is 19.8 Å². The molecule has 374 valence electrons. The first-order chi connectivity index (χ1) is 33.0. The van der Waals surface area contributed by atoms with Crippen LogP contribution in [0.15, 0.2) is 102 Å². The van der Waals surface area contributed by atoms with Crippen LogP contribution in [-0.2, 0) is 52.3 Å². The molecule has 2 saturated heterocycles. The van der Waals surface area contributed by atoms with Gasteiger partial charge >= 0.3 is 24.1 Å². The van der Waals surface area contributed by atoms with Crippen LogP contribution >= 0.6 is 0 Å². The molecule has 18 heteroatoms. The molecule has 2 saturated carbocycles. The van der Waals surface area contributed by atoms with E-state index in [0.29, 0.717) is 5.56 Å². The van der Waals surface area contributed by atoms with Crippen molar-refractivity contribution in [3.8, 4) is 0 Å². The van der Waals surface area contributed by atoms with Crippen LogP contribution in [0.5, 0.6) is 0 Å². The highest BCUT2D eigenvalue weighted by Gasteiger charge is 2.77. The number of aliphatic hydroxyl groups excluding tert-OH is 1. The summed E-state index contributed by atoms with van der Waals surface area (Å²) in [6, 6.07) is 22.6. The highest BCUT2D eigenvalue weighted by atomic mass is 16.8. The van der Waals surface area contributed by atoms with E-state index < -0.39 is 125 Å². The van der Waals surface area contributed by atoms with Gasteiger partial charge in [0.05, 0.1) is 36.4 Å². The zero-order valence-electron chi connectivity index (χ0n) is 39.9. The Morgan fingerprint density at radius 1 is 0.843 bits per heavy atom. The third kappa shape index (κ3) is 9.01. The molecule has 0 unspecified atom stereocenters. The van der Waals surface area contributed by atoms with Gasteiger partial charge in [-0.2, -0.15) is 0 Å². The number of ether oxygens (including phenoxy) is 8. The molecule has 0 aromatic heterocycles. The molecule has 0 spiro atoms. The van der Waals surface area contributed by atoms with Crippen molar-refractivity contribution in [3.05, 3.63) is 119 Å². The molecule has 2 bridgehead atoms. The van der Waals surface area contributed by atoms with Crippen molar-refractivity contribution in [2.24, 2.45) is 16.7 Å². The first-order valence-electron chi connectivity index (χ1n) is 23.2. The molecule has 70 heavy (non-hydrogen) atoms. The summed E-state index contributed by atoms with van der Waals surface area (Å²) in [7, 11) is 0. The average molecular weight is 970 g/mol. The predicted molar refractivity (Wildman–Crippen MR) is 243 cm³/mol. The Bertz CT molecular complexity index is 2530. The van der Waals surface area contributed by atoms with Crippen LogP contribution in [0.3, 0.4) is 0 Å². The monoisotopic (exact) mass is 969 g/mol.